The third kappa shape index (κ3) is 4.10. The van der Waals surface area contributed by atoms with Gasteiger partial charge in [-0.25, -0.2) is 0 Å². The molecule has 1 saturated carbocycles. The van der Waals surface area contributed by atoms with Crippen molar-refractivity contribution in [3.63, 3.8) is 0 Å². The Balaban J connectivity index is 1.67. The molecule has 2 unspecified atom stereocenters. The molecule has 1 aliphatic carbocycles. The largest absolute Gasteiger partial charge is 0.326 e. The van der Waals surface area contributed by atoms with E-state index in [1.54, 1.807) is 6.07 Å². The Morgan fingerprint density at radius 1 is 1.17 bits per heavy atom. The Hall–Kier alpha value is -1.55. The Morgan fingerprint density at radius 3 is 2.58 bits per heavy atom. The molecule has 0 bridgehead atoms. The second-order valence-electron chi connectivity index (χ2n) is 6.08. The molecule has 2 N–H and O–H groups in total. The van der Waals surface area contributed by atoms with Gasteiger partial charge < -0.3 is 10.6 Å². The molecular weight excluding hydrogens is 343 g/mol. The molecule has 1 fully saturated rings. The Labute approximate surface area is 152 Å². The van der Waals surface area contributed by atoms with Crippen molar-refractivity contribution in [2.45, 2.75) is 25.8 Å². The maximum atomic E-state index is 12.6. The molecule has 2 aromatic rings. The van der Waals surface area contributed by atoms with Gasteiger partial charge in [0, 0.05) is 28.2 Å². The molecule has 2 atom stereocenters. The van der Waals surface area contributed by atoms with Crippen molar-refractivity contribution in [2.75, 3.05) is 11.9 Å². The summed E-state index contributed by atoms with van der Waals surface area (Å²) in [5, 5.41) is 7.58. The zero-order valence-corrected chi connectivity index (χ0v) is 15.0. The summed E-state index contributed by atoms with van der Waals surface area (Å²) in [6.45, 7) is 3.69. The van der Waals surface area contributed by atoms with Gasteiger partial charge in [0.05, 0.1) is 0 Å². The Bertz CT molecular complexity index is 728. The molecule has 0 radical (unpaired) electrons. The molecule has 1 amide bonds. The van der Waals surface area contributed by atoms with E-state index in [0.717, 1.165) is 36.3 Å². The summed E-state index contributed by atoms with van der Waals surface area (Å²) in [4.78, 5) is 12.6. The first-order valence-corrected chi connectivity index (χ1v) is 8.89. The zero-order valence-electron chi connectivity index (χ0n) is 13.5. The van der Waals surface area contributed by atoms with E-state index in [-0.39, 0.29) is 17.7 Å². The van der Waals surface area contributed by atoms with Crippen LogP contribution in [0.1, 0.15) is 30.4 Å². The minimum atomic E-state index is -0.0216. The predicted octanol–water partition coefficient (Wildman–Crippen LogP) is 4.85. The zero-order chi connectivity index (χ0) is 17.1. The highest BCUT2D eigenvalue weighted by Crippen LogP contribution is 2.49. The first-order valence-electron chi connectivity index (χ1n) is 8.14. The van der Waals surface area contributed by atoms with Crippen molar-refractivity contribution in [1.29, 1.82) is 0 Å². The average molecular weight is 363 g/mol. The fraction of sp³-hybridized carbons (Fsp3) is 0.316. The van der Waals surface area contributed by atoms with Crippen molar-refractivity contribution in [3.05, 3.63) is 63.6 Å². The van der Waals surface area contributed by atoms with Crippen LogP contribution in [0, 0.1) is 5.92 Å². The normalized spacial score (nSPS) is 19.1. The molecule has 2 aromatic carbocycles. The molecule has 126 valence electrons. The summed E-state index contributed by atoms with van der Waals surface area (Å²) in [7, 11) is 0. The van der Waals surface area contributed by atoms with Crippen LogP contribution in [-0.2, 0) is 11.3 Å². The summed E-state index contributed by atoms with van der Waals surface area (Å²) in [5.41, 5.74) is 3.00. The van der Waals surface area contributed by atoms with Crippen LogP contribution in [0.15, 0.2) is 42.5 Å². The molecule has 0 heterocycles. The number of carbonyl (C=O) groups is 1. The van der Waals surface area contributed by atoms with E-state index in [4.69, 9.17) is 23.2 Å². The minimum Gasteiger partial charge on any atom is -0.326 e. The van der Waals surface area contributed by atoms with Crippen LogP contribution in [0.4, 0.5) is 5.69 Å². The molecule has 5 heteroatoms. The molecule has 0 aliphatic heterocycles. The highest BCUT2D eigenvalue weighted by Gasteiger charge is 2.44. The number of carbonyl (C=O) groups excluding carboxylic acids is 1. The van der Waals surface area contributed by atoms with Crippen molar-refractivity contribution in [1.82, 2.24) is 5.32 Å². The number of halogens is 2. The van der Waals surface area contributed by atoms with E-state index in [2.05, 4.69) is 17.6 Å². The number of anilines is 1. The lowest BCUT2D eigenvalue weighted by Crippen LogP contribution is -2.18. The van der Waals surface area contributed by atoms with Crippen LogP contribution in [0.5, 0.6) is 0 Å². The minimum absolute atomic E-state index is 0.0216. The van der Waals surface area contributed by atoms with E-state index >= 15 is 0 Å². The number of rotatable bonds is 6. The molecule has 0 spiro atoms. The van der Waals surface area contributed by atoms with Gasteiger partial charge in [-0.15, -0.1) is 0 Å². The van der Waals surface area contributed by atoms with Gasteiger partial charge in [-0.1, -0.05) is 48.3 Å². The second-order valence-corrected chi connectivity index (χ2v) is 6.95. The van der Waals surface area contributed by atoms with E-state index in [0.29, 0.717) is 10.0 Å². The summed E-state index contributed by atoms with van der Waals surface area (Å²) in [6.07, 6.45) is 0.831. The van der Waals surface area contributed by atoms with E-state index in [1.807, 2.05) is 36.4 Å². The highest BCUT2D eigenvalue weighted by molar-refractivity contribution is 6.34. The molecule has 3 nitrogen and oxygen atoms in total. The molecule has 0 aromatic heterocycles. The summed E-state index contributed by atoms with van der Waals surface area (Å²) < 4.78 is 0. The van der Waals surface area contributed by atoms with Gasteiger partial charge in [0.2, 0.25) is 5.91 Å². The fourth-order valence-electron chi connectivity index (χ4n) is 2.92. The lowest BCUT2D eigenvalue weighted by molar-refractivity contribution is -0.117. The fourth-order valence-corrected chi connectivity index (χ4v) is 3.47. The summed E-state index contributed by atoms with van der Waals surface area (Å²) >= 11 is 12.1. The van der Waals surface area contributed by atoms with Crippen molar-refractivity contribution < 1.29 is 4.79 Å². The lowest BCUT2D eigenvalue weighted by atomic mass is 10.1. The van der Waals surface area contributed by atoms with E-state index < -0.39 is 0 Å². The van der Waals surface area contributed by atoms with Crippen LogP contribution in [0.3, 0.4) is 0 Å². The monoisotopic (exact) mass is 362 g/mol. The second kappa shape index (κ2) is 7.56. The van der Waals surface area contributed by atoms with Crippen LogP contribution < -0.4 is 10.6 Å². The van der Waals surface area contributed by atoms with Gasteiger partial charge in [-0.3, -0.25) is 4.79 Å². The number of hydrogen-bond donors (Lipinski definition) is 2. The SMILES string of the molecule is CCNCc1ccccc1NC(=O)C1CC1c1cc(Cl)cc(Cl)c1. The number of hydrogen-bond acceptors (Lipinski definition) is 2. The Morgan fingerprint density at radius 2 is 1.88 bits per heavy atom. The maximum Gasteiger partial charge on any atom is 0.228 e. The predicted molar refractivity (Wildman–Crippen MR) is 99.8 cm³/mol. The third-order valence-corrected chi connectivity index (χ3v) is 4.72. The molecule has 0 saturated heterocycles. The summed E-state index contributed by atoms with van der Waals surface area (Å²) in [6, 6.07) is 13.4. The maximum absolute atomic E-state index is 12.6. The Kier molecular flexibility index (Phi) is 5.44. The van der Waals surface area contributed by atoms with Gasteiger partial charge in [-0.2, -0.15) is 0 Å². The van der Waals surface area contributed by atoms with E-state index in [9.17, 15) is 4.79 Å². The van der Waals surface area contributed by atoms with Gasteiger partial charge in [0.1, 0.15) is 0 Å². The smallest absolute Gasteiger partial charge is 0.228 e. The molecule has 1 aliphatic rings. The van der Waals surface area contributed by atoms with Crippen molar-refractivity contribution in [2.24, 2.45) is 5.92 Å². The highest BCUT2D eigenvalue weighted by atomic mass is 35.5. The lowest BCUT2D eigenvalue weighted by Gasteiger charge is -2.11. The van der Waals surface area contributed by atoms with Crippen LogP contribution >= 0.6 is 23.2 Å². The third-order valence-electron chi connectivity index (χ3n) is 4.28. The van der Waals surface area contributed by atoms with Crippen LogP contribution in [-0.4, -0.2) is 12.5 Å². The first kappa shape index (κ1) is 17.3. The van der Waals surface area contributed by atoms with Crippen LogP contribution in [0.25, 0.3) is 0 Å². The van der Waals surface area contributed by atoms with Crippen molar-refractivity contribution in [3.8, 4) is 0 Å². The van der Waals surface area contributed by atoms with Crippen LogP contribution in [0.2, 0.25) is 10.0 Å². The standard InChI is InChI=1S/C19H20Cl2N2O/c1-2-22-11-12-5-3-4-6-18(12)23-19(24)17-10-16(17)13-7-14(20)9-15(21)8-13/h3-9,16-17,22H,2,10-11H2,1H3,(H,23,24). The topological polar surface area (TPSA) is 41.1 Å². The molecule has 24 heavy (non-hydrogen) atoms. The molecular formula is C19H20Cl2N2O. The number of amides is 1. The van der Waals surface area contributed by atoms with Gasteiger partial charge in [0.15, 0.2) is 0 Å². The number of benzene rings is 2. The van der Waals surface area contributed by atoms with E-state index in [1.165, 1.54) is 0 Å². The molecule has 3 rings (SSSR count). The first-order chi connectivity index (χ1) is 11.6. The van der Waals surface area contributed by atoms with Crippen molar-refractivity contribution >= 4 is 34.8 Å². The van der Waals surface area contributed by atoms with Gasteiger partial charge >= 0.3 is 0 Å². The number of nitrogens with one attached hydrogen (secondary N) is 2. The quantitative estimate of drug-likeness (QED) is 0.771. The summed E-state index contributed by atoms with van der Waals surface area (Å²) in [5.74, 6) is 0.230. The van der Waals surface area contributed by atoms with Gasteiger partial charge in [-0.05, 0) is 54.3 Å². The van der Waals surface area contributed by atoms with Gasteiger partial charge in [0.25, 0.3) is 0 Å². The number of para-hydroxylation sites is 1. The average Bonchev–Trinajstić information content (AvgIpc) is 3.34.